The van der Waals surface area contributed by atoms with Crippen molar-refractivity contribution in [2.45, 2.75) is 24.6 Å². The molecule has 0 aromatic carbocycles. The fraction of sp³-hybridized carbons (Fsp3) is 1.00. The first kappa shape index (κ1) is 8.44. The average Bonchev–Trinajstić information content (AvgIpc) is 2.67. The lowest BCUT2D eigenvalue weighted by atomic mass is 10.2. The first-order chi connectivity index (χ1) is 5.52. The highest BCUT2D eigenvalue weighted by molar-refractivity contribution is 7.91. The van der Waals surface area contributed by atoms with Gasteiger partial charge in [0.15, 0.2) is 9.84 Å². The van der Waals surface area contributed by atoms with Gasteiger partial charge in [0.05, 0.1) is 17.5 Å². The van der Waals surface area contributed by atoms with Crippen molar-refractivity contribution in [2.75, 3.05) is 18.1 Å². The minimum Gasteiger partial charge on any atom is -0.309 e. The number of hydrogen-bond acceptors (Lipinski definition) is 3. The van der Waals surface area contributed by atoms with Crippen molar-refractivity contribution in [1.82, 2.24) is 5.32 Å². The van der Waals surface area contributed by atoms with E-state index in [-0.39, 0.29) is 11.5 Å². The van der Waals surface area contributed by atoms with Gasteiger partial charge >= 0.3 is 0 Å². The van der Waals surface area contributed by atoms with Crippen molar-refractivity contribution in [3.8, 4) is 0 Å². The normalized spacial score (nSPS) is 37.6. The third-order valence-corrected chi connectivity index (χ3v) is 4.24. The standard InChI is InChI=1S/C7H12FNO2S/c8-7(1-2-7)6-5-12(10,11)4-3-9-6/h6,9H,1-5H2. The zero-order valence-corrected chi connectivity index (χ0v) is 7.53. The van der Waals surface area contributed by atoms with E-state index >= 15 is 0 Å². The summed E-state index contributed by atoms with van der Waals surface area (Å²) in [4.78, 5) is 0. The molecule has 0 amide bonds. The van der Waals surface area contributed by atoms with Crippen LogP contribution in [-0.2, 0) is 9.84 Å². The van der Waals surface area contributed by atoms with Gasteiger partial charge in [-0.15, -0.1) is 0 Å². The van der Waals surface area contributed by atoms with E-state index in [9.17, 15) is 12.8 Å². The van der Waals surface area contributed by atoms with Crippen LogP contribution in [0.5, 0.6) is 0 Å². The van der Waals surface area contributed by atoms with Crippen LogP contribution in [0.3, 0.4) is 0 Å². The van der Waals surface area contributed by atoms with Crippen LogP contribution >= 0.6 is 0 Å². The number of alkyl halides is 1. The van der Waals surface area contributed by atoms with E-state index in [4.69, 9.17) is 0 Å². The van der Waals surface area contributed by atoms with Crippen molar-refractivity contribution < 1.29 is 12.8 Å². The molecule has 2 rings (SSSR count). The monoisotopic (exact) mass is 193 g/mol. The second-order valence-corrected chi connectivity index (χ2v) is 5.88. The highest BCUT2D eigenvalue weighted by Gasteiger charge is 2.52. The van der Waals surface area contributed by atoms with Gasteiger partial charge in [0.2, 0.25) is 0 Å². The lowest BCUT2D eigenvalue weighted by Crippen LogP contribution is -2.51. The van der Waals surface area contributed by atoms with Gasteiger partial charge in [-0.3, -0.25) is 0 Å². The van der Waals surface area contributed by atoms with Crippen LogP contribution < -0.4 is 5.32 Å². The van der Waals surface area contributed by atoms with E-state index in [0.29, 0.717) is 19.4 Å². The lowest BCUT2D eigenvalue weighted by molar-refractivity contribution is 0.236. The first-order valence-electron chi connectivity index (χ1n) is 4.15. The van der Waals surface area contributed by atoms with Gasteiger partial charge in [-0.1, -0.05) is 0 Å². The molecule has 1 atom stereocenters. The summed E-state index contributed by atoms with van der Waals surface area (Å²) in [6.07, 6.45) is 1.03. The van der Waals surface area contributed by atoms with E-state index in [1.54, 1.807) is 0 Å². The predicted octanol–water partition coefficient (Wildman–Crippen LogP) is -0.125. The molecule has 0 aromatic heterocycles. The Bertz CT molecular complexity index is 284. The second kappa shape index (κ2) is 2.42. The lowest BCUT2D eigenvalue weighted by Gasteiger charge is -2.26. The average molecular weight is 193 g/mol. The van der Waals surface area contributed by atoms with Crippen LogP contribution in [0.4, 0.5) is 4.39 Å². The first-order valence-corrected chi connectivity index (χ1v) is 5.97. The van der Waals surface area contributed by atoms with E-state index in [1.165, 1.54) is 0 Å². The van der Waals surface area contributed by atoms with Gasteiger partial charge in [0, 0.05) is 6.54 Å². The maximum atomic E-state index is 13.4. The van der Waals surface area contributed by atoms with Crippen molar-refractivity contribution in [3.63, 3.8) is 0 Å². The van der Waals surface area contributed by atoms with E-state index in [0.717, 1.165) is 0 Å². The third-order valence-electron chi connectivity index (χ3n) is 2.58. The summed E-state index contributed by atoms with van der Waals surface area (Å²) in [5, 5.41) is 2.92. The molecule has 12 heavy (non-hydrogen) atoms. The molecule has 1 heterocycles. The highest BCUT2D eigenvalue weighted by atomic mass is 32.2. The summed E-state index contributed by atoms with van der Waals surface area (Å²) in [5.41, 5.74) is -1.21. The van der Waals surface area contributed by atoms with Crippen LogP contribution in [0.15, 0.2) is 0 Å². The Hall–Kier alpha value is -0.160. The number of nitrogens with one attached hydrogen (secondary N) is 1. The predicted molar refractivity (Wildman–Crippen MR) is 43.5 cm³/mol. The number of halogens is 1. The molecule has 0 radical (unpaired) electrons. The second-order valence-electron chi connectivity index (χ2n) is 3.66. The summed E-state index contributed by atoms with van der Waals surface area (Å²) in [6, 6.07) is -0.448. The molecular formula is C7H12FNO2S. The van der Waals surface area contributed by atoms with Crippen molar-refractivity contribution in [2.24, 2.45) is 0 Å². The molecule has 0 bridgehead atoms. The Kier molecular flexibility index (Phi) is 1.70. The smallest absolute Gasteiger partial charge is 0.153 e. The van der Waals surface area contributed by atoms with Gasteiger partial charge in [0.25, 0.3) is 0 Å². The van der Waals surface area contributed by atoms with Crippen molar-refractivity contribution >= 4 is 9.84 Å². The van der Waals surface area contributed by atoms with Crippen LogP contribution in [0, 0.1) is 0 Å². The van der Waals surface area contributed by atoms with E-state index in [1.807, 2.05) is 0 Å². The van der Waals surface area contributed by atoms with Crippen LogP contribution in [0.1, 0.15) is 12.8 Å². The molecule has 2 fully saturated rings. The van der Waals surface area contributed by atoms with Gasteiger partial charge in [-0.05, 0) is 12.8 Å². The van der Waals surface area contributed by atoms with Crippen LogP contribution in [0.25, 0.3) is 0 Å². The van der Waals surface area contributed by atoms with Gasteiger partial charge in [0.1, 0.15) is 5.67 Å². The summed E-state index contributed by atoms with van der Waals surface area (Å²) in [7, 11) is -2.98. The quantitative estimate of drug-likeness (QED) is 0.631. The molecular weight excluding hydrogens is 181 g/mol. The maximum absolute atomic E-state index is 13.4. The molecule has 1 saturated carbocycles. The minimum absolute atomic E-state index is 0.0243. The highest BCUT2D eigenvalue weighted by Crippen LogP contribution is 2.43. The van der Waals surface area contributed by atoms with Gasteiger partial charge in [-0.25, -0.2) is 12.8 Å². The van der Waals surface area contributed by atoms with Crippen LogP contribution in [0.2, 0.25) is 0 Å². The summed E-state index contributed by atoms with van der Waals surface area (Å²) in [5.74, 6) is 0.128. The minimum atomic E-state index is -2.98. The Balaban J connectivity index is 2.09. The molecule has 1 aliphatic carbocycles. The molecule has 1 unspecified atom stereocenters. The van der Waals surface area contributed by atoms with Gasteiger partial charge < -0.3 is 5.32 Å². The van der Waals surface area contributed by atoms with Crippen molar-refractivity contribution in [1.29, 1.82) is 0 Å². The molecule has 0 aromatic rings. The zero-order chi connectivity index (χ0) is 8.82. The molecule has 1 N–H and O–H groups in total. The zero-order valence-electron chi connectivity index (χ0n) is 6.72. The summed E-state index contributed by atoms with van der Waals surface area (Å²) >= 11 is 0. The number of rotatable bonds is 1. The SMILES string of the molecule is O=S1(=O)CCNC(C2(F)CC2)C1. The largest absolute Gasteiger partial charge is 0.309 e. The number of sulfone groups is 1. The maximum Gasteiger partial charge on any atom is 0.153 e. The van der Waals surface area contributed by atoms with E-state index < -0.39 is 21.5 Å². The summed E-state index contributed by atoms with van der Waals surface area (Å²) < 4.78 is 35.7. The Labute approximate surface area is 71.3 Å². The molecule has 3 nitrogen and oxygen atoms in total. The topological polar surface area (TPSA) is 46.2 Å². The van der Waals surface area contributed by atoms with Crippen molar-refractivity contribution in [3.05, 3.63) is 0 Å². The van der Waals surface area contributed by atoms with Gasteiger partial charge in [-0.2, -0.15) is 0 Å². The molecule has 1 aliphatic heterocycles. The fourth-order valence-electron chi connectivity index (χ4n) is 1.58. The molecule has 1 saturated heterocycles. The summed E-state index contributed by atoms with van der Waals surface area (Å²) in [6.45, 7) is 0.401. The van der Waals surface area contributed by atoms with Crippen LogP contribution in [-0.4, -0.2) is 38.2 Å². The third kappa shape index (κ3) is 1.47. The Morgan fingerprint density at radius 3 is 2.58 bits per heavy atom. The molecule has 0 spiro atoms. The number of hydrogen-bond donors (Lipinski definition) is 1. The molecule has 5 heteroatoms. The molecule has 2 aliphatic rings. The Morgan fingerprint density at radius 2 is 2.08 bits per heavy atom. The fourth-order valence-corrected chi connectivity index (χ4v) is 3.10. The molecule has 70 valence electrons. The van der Waals surface area contributed by atoms with E-state index in [2.05, 4.69) is 5.32 Å². The Morgan fingerprint density at radius 1 is 1.42 bits per heavy atom.